The quantitative estimate of drug-likeness (QED) is 0.799. The molecule has 7 heteroatoms. The minimum Gasteiger partial charge on any atom is -0.440 e. The Morgan fingerprint density at radius 1 is 1.30 bits per heavy atom. The Balaban J connectivity index is 1.52. The summed E-state index contributed by atoms with van der Waals surface area (Å²) in [7, 11) is 0. The van der Waals surface area contributed by atoms with Gasteiger partial charge in [-0.3, -0.25) is 9.69 Å². The lowest BCUT2D eigenvalue weighted by Crippen LogP contribution is -2.59. The average Bonchev–Trinajstić information content (AvgIpc) is 3.13. The number of morpholine rings is 1. The van der Waals surface area contributed by atoms with E-state index in [9.17, 15) is 4.79 Å². The molecule has 1 N–H and O–H groups in total. The molecule has 1 aromatic rings. The number of hydrogen-bond acceptors (Lipinski definition) is 6. The number of ether oxygens (including phenoxy) is 1. The Kier molecular flexibility index (Phi) is 5.96. The zero-order valence-electron chi connectivity index (χ0n) is 13.5. The molecule has 0 bridgehead atoms. The van der Waals surface area contributed by atoms with E-state index >= 15 is 0 Å². The molecule has 1 aliphatic heterocycles. The summed E-state index contributed by atoms with van der Waals surface area (Å²) in [4.78, 5) is 18.7. The monoisotopic (exact) mass is 339 g/mol. The number of aromatic nitrogens is 1. The minimum absolute atomic E-state index is 0.0476. The van der Waals surface area contributed by atoms with Crippen LogP contribution in [-0.4, -0.2) is 59.9 Å². The molecule has 0 aromatic carbocycles. The van der Waals surface area contributed by atoms with Gasteiger partial charge in [0.05, 0.1) is 25.2 Å². The molecule has 23 heavy (non-hydrogen) atoms. The van der Waals surface area contributed by atoms with Gasteiger partial charge < -0.3 is 14.5 Å². The number of carbonyl (C=O) groups excluding carboxylic acids is 1. The first-order valence-electron chi connectivity index (χ1n) is 8.40. The molecule has 6 nitrogen and oxygen atoms in total. The molecule has 1 saturated heterocycles. The van der Waals surface area contributed by atoms with E-state index in [1.807, 2.05) is 0 Å². The summed E-state index contributed by atoms with van der Waals surface area (Å²) in [5.41, 5.74) is 0.116. The molecule has 0 spiro atoms. The summed E-state index contributed by atoms with van der Waals surface area (Å²) in [6.07, 6.45) is 9.25. The predicted octanol–water partition coefficient (Wildman–Crippen LogP) is 1.92. The van der Waals surface area contributed by atoms with E-state index in [0.717, 1.165) is 32.8 Å². The number of carbonyl (C=O) groups is 1. The smallest absolute Gasteiger partial charge is 0.256 e. The van der Waals surface area contributed by atoms with Gasteiger partial charge in [0, 0.05) is 25.2 Å². The second-order valence-electron chi connectivity index (χ2n) is 6.25. The maximum atomic E-state index is 12.2. The standard InChI is InChI=1S/C16H25N3O3S/c20-14(12-23-15-17-6-9-22-15)18-13-16(4-2-1-3-5-16)19-7-10-21-11-8-19/h6,9H,1-5,7-8,10-13H2,(H,18,20). The first-order chi connectivity index (χ1) is 11.3. The second kappa shape index (κ2) is 8.17. The van der Waals surface area contributed by atoms with Crippen LogP contribution in [0.2, 0.25) is 0 Å². The van der Waals surface area contributed by atoms with Crippen molar-refractivity contribution in [2.75, 3.05) is 38.6 Å². The molecule has 0 radical (unpaired) electrons. The Bertz CT molecular complexity index is 483. The first-order valence-corrected chi connectivity index (χ1v) is 9.39. The van der Waals surface area contributed by atoms with Crippen LogP contribution in [-0.2, 0) is 9.53 Å². The van der Waals surface area contributed by atoms with Crippen molar-refractivity contribution in [1.82, 2.24) is 15.2 Å². The highest BCUT2D eigenvalue weighted by Crippen LogP contribution is 2.33. The van der Waals surface area contributed by atoms with Crippen LogP contribution in [0.4, 0.5) is 0 Å². The van der Waals surface area contributed by atoms with Crippen LogP contribution in [0.15, 0.2) is 22.1 Å². The van der Waals surface area contributed by atoms with E-state index in [1.165, 1.54) is 50.1 Å². The van der Waals surface area contributed by atoms with Gasteiger partial charge >= 0.3 is 0 Å². The summed E-state index contributed by atoms with van der Waals surface area (Å²) in [6, 6.07) is 0. The van der Waals surface area contributed by atoms with Gasteiger partial charge in [-0.05, 0) is 12.8 Å². The molecular formula is C16H25N3O3S. The van der Waals surface area contributed by atoms with Crippen molar-refractivity contribution in [3.63, 3.8) is 0 Å². The van der Waals surface area contributed by atoms with E-state index in [1.54, 1.807) is 6.20 Å². The number of oxazole rings is 1. The predicted molar refractivity (Wildman–Crippen MR) is 88.4 cm³/mol. The van der Waals surface area contributed by atoms with Gasteiger partial charge in [-0.15, -0.1) is 0 Å². The number of nitrogens with one attached hydrogen (secondary N) is 1. The molecule has 2 fully saturated rings. The molecule has 3 rings (SSSR count). The number of nitrogens with zero attached hydrogens (tertiary/aromatic N) is 2. The lowest BCUT2D eigenvalue weighted by atomic mass is 9.79. The van der Waals surface area contributed by atoms with Crippen molar-refractivity contribution < 1.29 is 13.9 Å². The first kappa shape index (κ1) is 16.8. The van der Waals surface area contributed by atoms with Crippen molar-refractivity contribution in [2.24, 2.45) is 0 Å². The van der Waals surface area contributed by atoms with Crippen LogP contribution >= 0.6 is 11.8 Å². The fourth-order valence-electron chi connectivity index (χ4n) is 3.58. The highest BCUT2D eigenvalue weighted by Gasteiger charge is 2.38. The maximum Gasteiger partial charge on any atom is 0.256 e. The summed E-state index contributed by atoms with van der Waals surface area (Å²) < 4.78 is 10.6. The van der Waals surface area contributed by atoms with E-state index in [0.29, 0.717) is 11.0 Å². The van der Waals surface area contributed by atoms with Gasteiger partial charge in [0.1, 0.15) is 6.26 Å². The Labute approximate surface area is 141 Å². The third-order valence-electron chi connectivity index (χ3n) is 4.82. The zero-order chi connectivity index (χ0) is 16.0. The molecule has 1 aliphatic carbocycles. The maximum absolute atomic E-state index is 12.2. The van der Waals surface area contributed by atoms with Gasteiger partial charge in [0.25, 0.3) is 5.22 Å². The topological polar surface area (TPSA) is 67.6 Å². The number of thioether (sulfide) groups is 1. The van der Waals surface area contributed by atoms with Crippen molar-refractivity contribution in [3.8, 4) is 0 Å². The molecule has 2 heterocycles. The fourth-order valence-corrected chi connectivity index (χ4v) is 4.19. The van der Waals surface area contributed by atoms with Crippen LogP contribution in [0.5, 0.6) is 0 Å². The minimum atomic E-state index is 0.0476. The molecule has 0 unspecified atom stereocenters. The second-order valence-corrected chi connectivity index (χ2v) is 7.17. The lowest BCUT2D eigenvalue weighted by molar-refractivity contribution is -0.119. The Morgan fingerprint density at radius 3 is 2.78 bits per heavy atom. The summed E-state index contributed by atoms with van der Waals surface area (Å²) in [5.74, 6) is 0.395. The van der Waals surface area contributed by atoms with Gasteiger partial charge in [0.2, 0.25) is 5.91 Å². The molecule has 1 saturated carbocycles. The normalized spacial score (nSPS) is 21.9. The van der Waals surface area contributed by atoms with Crippen LogP contribution in [0.3, 0.4) is 0 Å². The Hall–Kier alpha value is -1.05. The van der Waals surface area contributed by atoms with Crippen LogP contribution in [0.25, 0.3) is 0 Å². The summed E-state index contributed by atoms with van der Waals surface area (Å²) in [6.45, 7) is 4.28. The molecular weight excluding hydrogens is 314 g/mol. The summed E-state index contributed by atoms with van der Waals surface area (Å²) in [5, 5.41) is 3.68. The van der Waals surface area contributed by atoms with Crippen molar-refractivity contribution in [1.29, 1.82) is 0 Å². The number of rotatable bonds is 6. The molecule has 0 atom stereocenters. The Morgan fingerprint density at radius 2 is 2.09 bits per heavy atom. The van der Waals surface area contributed by atoms with Crippen LogP contribution < -0.4 is 5.32 Å². The highest BCUT2D eigenvalue weighted by molar-refractivity contribution is 7.99. The van der Waals surface area contributed by atoms with E-state index in [-0.39, 0.29) is 11.4 Å². The van der Waals surface area contributed by atoms with Crippen molar-refractivity contribution in [2.45, 2.75) is 42.9 Å². The summed E-state index contributed by atoms with van der Waals surface area (Å²) >= 11 is 1.33. The van der Waals surface area contributed by atoms with Crippen molar-refractivity contribution >= 4 is 17.7 Å². The van der Waals surface area contributed by atoms with Gasteiger partial charge in [0.15, 0.2) is 0 Å². The fraction of sp³-hybridized carbons (Fsp3) is 0.750. The molecule has 128 valence electrons. The molecule has 1 aromatic heterocycles. The molecule has 1 amide bonds. The van der Waals surface area contributed by atoms with E-state index in [2.05, 4.69) is 15.2 Å². The van der Waals surface area contributed by atoms with Crippen LogP contribution in [0.1, 0.15) is 32.1 Å². The zero-order valence-corrected chi connectivity index (χ0v) is 14.3. The van der Waals surface area contributed by atoms with Crippen molar-refractivity contribution in [3.05, 3.63) is 12.5 Å². The average molecular weight is 339 g/mol. The number of hydrogen-bond donors (Lipinski definition) is 1. The highest BCUT2D eigenvalue weighted by atomic mass is 32.2. The SMILES string of the molecule is O=C(CSc1ncco1)NCC1(N2CCOCC2)CCCCC1. The van der Waals surface area contributed by atoms with Crippen LogP contribution in [0, 0.1) is 0 Å². The lowest BCUT2D eigenvalue weighted by Gasteiger charge is -2.48. The third-order valence-corrected chi connectivity index (χ3v) is 5.67. The van der Waals surface area contributed by atoms with Gasteiger partial charge in [-0.2, -0.15) is 0 Å². The van der Waals surface area contributed by atoms with Gasteiger partial charge in [-0.25, -0.2) is 4.98 Å². The molecule has 2 aliphatic rings. The van der Waals surface area contributed by atoms with Gasteiger partial charge in [-0.1, -0.05) is 31.0 Å². The van der Waals surface area contributed by atoms with E-state index in [4.69, 9.17) is 9.15 Å². The largest absolute Gasteiger partial charge is 0.440 e. The van der Waals surface area contributed by atoms with E-state index < -0.39 is 0 Å². The number of amides is 1. The third kappa shape index (κ3) is 4.49.